The Hall–Kier alpha value is -0.670. The van der Waals surface area contributed by atoms with E-state index >= 15 is 0 Å². The van der Waals surface area contributed by atoms with Crippen LogP contribution in [0.1, 0.15) is 52.1 Å². The zero-order valence-electron chi connectivity index (χ0n) is 11.3. The van der Waals surface area contributed by atoms with Gasteiger partial charge in [-0.25, -0.2) is 0 Å². The van der Waals surface area contributed by atoms with Gasteiger partial charge < -0.3 is 5.11 Å². The molecule has 0 aliphatic heterocycles. The van der Waals surface area contributed by atoms with Crippen molar-refractivity contribution in [1.29, 1.82) is 0 Å². The van der Waals surface area contributed by atoms with Gasteiger partial charge in [-0.1, -0.05) is 59.1 Å². The molecule has 1 aromatic carbocycles. The number of aromatic hydroxyl groups is 1. The number of hydrogen-bond acceptors (Lipinski definition) is 3. The van der Waals surface area contributed by atoms with E-state index in [1.165, 1.54) is 0 Å². The third-order valence-electron chi connectivity index (χ3n) is 2.03. The summed E-state index contributed by atoms with van der Waals surface area (Å²) in [6.45, 7) is 8.64. The first-order chi connectivity index (χ1) is 8.01. The number of thiol groups is 1. The number of benzene rings is 1. The highest BCUT2D eigenvalue weighted by atomic mass is 32.1. The molecule has 3 heteroatoms. The third-order valence-corrected chi connectivity index (χ3v) is 2.34. The summed E-state index contributed by atoms with van der Waals surface area (Å²) < 4.78 is 2.95. The SMILES string of the molecule is CC(C)C.CCCC(NS)c1ccc(O)cc1. The molecule has 17 heavy (non-hydrogen) atoms. The molecule has 2 N–H and O–H groups in total. The summed E-state index contributed by atoms with van der Waals surface area (Å²) in [5.41, 5.74) is 1.16. The monoisotopic (exact) mass is 255 g/mol. The summed E-state index contributed by atoms with van der Waals surface area (Å²) in [6, 6.07) is 7.50. The fourth-order valence-electron chi connectivity index (χ4n) is 1.30. The molecule has 0 heterocycles. The minimum Gasteiger partial charge on any atom is -0.508 e. The van der Waals surface area contributed by atoms with Crippen LogP contribution in [0.4, 0.5) is 0 Å². The molecular formula is C14H25NOS. The van der Waals surface area contributed by atoms with Crippen LogP contribution in [0, 0.1) is 5.92 Å². The summed E-state index contributed by atoms with van der Waals surface area (Å²) in [5.74, 6) is 1.14. The van der Waals surface area contributed by atoms with Crippen molar-refractivity contribution in [2.24, 2.45) is 5.92 Å². The fourth-order valence-corrected chi connectivity index (χ4v) is 1.58. The van der Waals surface area contributed by atoms with Gasteiger partial charge in [0.2, 0.25) is 0 Å². The summed E-state index contributed by atoms with van der Waals surface area (Å²) in [7, 11) is 0. The van der Waals surface area contributed by atoms with Crippen LogP contribution in [0.3, 0.4) is 0 Å². The lowest BCUT2D eigenvalue weighted by molar-refractivity contribution is 0.474. The Labute approximate surface area is 111 Å². The molecule has 0 fully saturated rings. The van der Waals surface area contributed by atoms with Crippen molar-refractivity contribution in [3.8, 4) is 5.75 Å². The van der Waals surface area contributed by atoms with Gasteiger partial charge in [-0.15, -0.1) is 0 Å². The summed E-state index contributed by atoms with van der Waals surface area (Å²) in [4.78, 5) is 0. The lowest BCUT2D eigenvalue weighted by Crippen LogP contribution is -2.10. The minimum atomic E-state index is 0.272. The van der Waals surface area contributed by atoms with Gasteiger partial charge in [0.25, 0.3) is 0 Å². The van der Waals surface area contributed by atoms with Crippen LogP contribution in [0.15, 0.2) is 24.3 Å². The molecule has 0 saturated carbocycles. The Kier molecular flexibility index (Phi) is 9.00. The smallest absolute Gasteiger partial charge is 0.115 e. The maximum Gasteiger partial charge on any atom is 0.115 e. The molecule has 1 atom stereocenters. The lowest BCUT2D eigenvalue weighted by atomic mass is 10.0. The van der Waals surface area contributed by atoms with Gasteiger partial charge in [0.1, 0.15) is 5.75 Å². The van der Waals surface area contributed by atoms with Crippen molar-refractivity contribution in [2.75, 3.05) is 0 Å². The van der Waals surface area contributed by atoms with Gasteiger partial charge in [-0.2, -0.15) is 0 Å². The van der Waals surface area contributed by atoms with Crippen LogP contribution < -0.4 is 4.72 Å². The molecule has 98 valence electrons. The van der Waals surface area contributed by atoms with Crippen molar-refractivity contribution in [2.45, 2.75) is 46.6 Å². The average Bonchev–Trinajstić information content (AvgIpc) is 2.26. The van der Waals surface area contributed by atoms with E-state index in [1.54, 1.807) is 12.1 Å². The van der Waals surface area contributed by atoms with Crippen LogP contribution in [0.5, 0.6) is 5.75 Å². The first-order valence-corrected chi connectivity index (χ1v) is 6.64. The standard InChI is InChI=1S/C10H15NOS.C4H10/c1-2-3-10(11-13)8-4-6-9(12)7-5-8;1-4(2)3/h4-7,10-13H,2-3H2,1H3;4H,1-3H3. The van der Waals surface area contributed by atoms with Gasteiger partial charge in [0.15, 0.2) is 0 Å². The number of phenols is 1. The number of nitrogens with one attached hydrogen (secondary N) is 1. The zero-order valence-corrected chi connectivity index (χ0v) is 12.2. The Bertz CT molecular complexity index is 282. The predicted molar refractivity (Wildman–Crippen MR) is 78.4 cm³/mol. The third kappa shape index (κ3) is 8.11. The van der Waals surface area contributed by atoms with E-state index in [1.807, 2.05) is 12.1 Å². The maximum atomic E-state index is 9.10. The first kappa shape index (κ1) is 16.3. The van der Waals surface area contributed by atoms with E-state index in [4.69, 9.17) is 5.11 Å². The van der Waals surface area contributed by atoms with Gasteiger partial charge in [0, 0.05) is 6.04 Å². The topological polar surface area (TPSA) is 32.3 Å². The molecule has 0 saturated heterocycles. The molecule has 0 radical (unpaired) electrons. The largest absolute Gasteiger partial charge is 0.508 e. The molecule has 2 nitrogen and oxygen atoms in total. The molecular weight excluding hydrogens is 230 g/mol. The molecule has 0 amide bonds. The van der Waals surface area contributed by atoms with E-state index in [0.29, 0.717) is 5.75 Å². The van der Waals surface area contributed by atoms with Crippen LogP contribution in [0.25, 0.3) is 0 Å². The van der Waals surface area contributed by atoms with Crippen LogP contribution in [0.2, 0.25) is 0 Å². The summed E-state index contributed by atoms with van der Waals surface area (Å²) in [5, 5.41) is 9.10. The van der Waals surface area contributed by atoms with Crippen molar-refractivity contribution in [1.82, 2.24) is 4.72 Å². The molecule has 0 aliphatic rings. The van der Waals surface area contributed by atoms with Crippen molar-refractivity contribution in [3.63, 3.8) is 0 Å². The van der Waals surface area contributed by atoms with Crippen LogP contribution in [-0.2, 0) is 0 Å². The van der Waals surface area contributed by atoms with E-state index in [9.17, 15) is 0 Å². The fraction of sp³-hybridized carbons (Fsp3) is 0.571. The second-order valence-electron chi connectivity index (χ2n) is 4.79. The molecule has 1 unspecified atom stereocenters. The van der Waals surface area contributed by atoms with E-state index in [-0.39, 0.29) is 6.04 Å². The highest BCUT2D eigenvalue weighted by molar-refractivity contribution is 7.78. The Balaban J connectivity index is 0.000000557. The van der Waals surface area contributed by atoms with Gasteiger partial charge in [0.05, 0.1) is 0 Å². The second kappa shape index (κ2) is 9.37. The van der Waals surface area contributed by atoms with E-state index < -0.39 is 0 Å². The highest BCUT2D eigenvalue weighted by Gasteiger charge is 2.07. The highest BCUT2D eigenvalue weighted by Crippen LogP contribution is 2.21. The predicted octanol–water partition coefficient (Wildman–Crippen LogP) is 4.33. The Morgan fingerprint density at radius 2 is 1.65 bits per heavy atom. The minimum absolute atomic E-state index is 0.272. The molecule has 0 spiro atoms. The second-order valence-corrected chi connectivity index (χ2v) is 5.05. The van der Waals surface area contributed by atoms with E-state index in [2.05, 4.69) is 45.2 Å². The van der Waals surface area contributed by atoms with Crippen molar-refractivity contribution in [3.05, 3.63) is 29.8 Å². The molecule has 0 aromatic heterocycles. The Morgan fingerprint density at radius 1 is 1.18 bits per heavy atom. The average molecular weight is 255 g/mol. The maximum absolute atomic E-state index is 9.10. The quantitative estimate of drug-likeness (QED) is 0.700. The van der Waals surface area contributed by atoms with Gasteiger partial charge >= 0.3 is 0 Å². The Morgan fingerprint density at radius 3 is 2.00 bits per heavy atom. The van der Waals surface area contributed by atoms with Crippen LogP contribution in [-0.4, -0.2) is 5.11 Å². The molecule has 1 rings (SSSR count). The number of hydrogen-bond donors (Lipinski definition) is 3. The normalized spacial score (nSPS) is 11.9. The van der Waals surface area contributed by atoms with Crippen molar-refractivity contribution < 1.29 is 5.11 Å². The molecule has 1 aromatic rings. The lowest BCUT2D eigenvalue weighted by Gasteiger charge is -2.14. The van der Waals surface area contributed by atoms with E-state index in [0.717, 1.165) is 24.3 Å². The van der Waals surface area contributed by atoms with Crippen LogP contribution >= 0.6 is 12.8 Å². The van der Waals surface area contributed by atoms with Gasteiger partial charge in [-0.3, -0.25) is 4.72 Å². The summed E-state index contributed by atoms with van der Waals surface area (Å²) >= 11 is 4.07. The van der Waals surface area contributed by atoms with Crippen molar-refractivity contribution >= 4 is 12.8 Å². The molecule has 0 aliphatic carbocycles. The first-order valence-electron chi connectivity index (χ1n) is 6.19. The summed E-state index contributed by atoms with van der Waals surface area (Å²) in [6.07, 6.45) is 2.16. The zero-order chi connectivity index (χ0) is 13.3. The van der Waals surface area contributed by atoms with Gasteiger partial charge in [-0.05, 0) is 30.0 Å². The molecule has 0 bridgehead atoms. The number of phenolic OH excluding ortho intramolecular Hbond substituents is 1. The number of rotatable bonds is 4.